The minimum Gasteiger partial charge on any atom is -0.336 e. The topological polar surface area (TPSA) is 62.6 Å². The number of carbonyl (C=O) groups is 1. The number of aromatic nitrogens is 1. The van der Waals surface area contributed by atoms with E-state index < -0.39 is 15.8 Å². The first-order chi connectivity index (χ1) is 14.8. The number of nitrogens with zero attached hydrogens (tertiary/aromatic N) is 3. The van der Waals surface area contributed by atoms with Gasteiger partial charge < -0.3 is 9.47 Å². The summed E-state index contributed by atoms with van der Waals surface area (Å²) >= 11 is 0. The van der Waals surface area contributed by atoms with Crippen LogP contribution in [0.1, 0.15) is 21.7 Å². The average molecular weight is 442 g/mol. The van der Waals surface area contributed by atoms with Gasteiger partial charge in [-0.3, -0.25) is 4.79 Å². The van der Waals surface area contributed by atoms with Gasteiger partial charge in [0.1, 0.15) is 5.82 Å². The molecule has 162 valence electrons. The molecule has 0 N–H and O–H groups in total. The highest BCUT2D eigenvalue weighted by molar-refractivity contribution is 7.89. The van der Waals surface area contributed by atoms with Crippen LogP contribution in [0.4, 0.5) is 4.39 Å². The quantitative estimate of drug-likeness (QED) is 0.624. The number of sulfonamides is 1. The van der Waals surface area contributed by atoms with Crippen molar-refractivity contribution in [1.29, 1.82) is 0 Å². The molecule has 0 unspecified atom stereocenters. The lowest BCUT2D eigenvalue weighted by atomic mass is 10.2. The van der Waals surface area contributed by atoms with E-state index in [0.29, 0.717) is 5.56 Å². The maximum Gasteiger partial charge on any atom is 0.255 e. The van der Waals surface area contributed by atoms with Gasteiger partial charge in [-0.1, -0.05) is 24.3 Å². The van der Waals surface area contributed by atoms with E-state index in [0.717, 1.165) is 23.1 Å². The number of aryl methyl sites for hydroxylation is 1. The van der Waals surface area contributed by atoms with Gasteiger partial charge in [-0.25, -0.2) is 12.8 Å². The van der Waals surface area contributed by atoms with E-state index in [1.807, 2.05) is 54.8 Å². The second kappa shape index (κ2) is 8.28. The molecule has 4 rings (SSSR count). The molecule has 1 saturated heterocycles. The first-order valence-corrected chi connectivity index (χ1v) is 11.5. The molecule has 1 fully saturated rings. The Bertz CT molecular complexity index is 1210. The Kier molecular flexibility index (Phi) is 5.68. The predicted octanol–water partition coefficient (Wildman–Crippen LogP) is 3.38. The summed E-state index contributed by atoms with van der Waals surface area (Å²) in [6.07, 6.45) is 0. The van der Waals surface area contributed by atoms with Crippen LogP contribution < -0.4 is 0 Å². The van der Waals surface area contributed by atoms with Crippen LogP contribution in [0.3, 0.4) is 0 Å². The minimum atomic E-state index is -3.79. The lowest BCUT2D eigenvalue weighted by molar-refractivity contribution is 0.0697. The van der Waals surface area contributed by atoms with E-state index in [1.165, 1.54) is 22.5 Å². The van der Waals surface area contributed by atoms with Crippen LogP contribution in [-0.2, 0) is 10.0 Å². The summed E-state index contributed by atoms with van der Waals surface area (Å²) in [4.78, 5) is 14.8. The highest BCUT2D eigenvalue weighted by Gasteiger charge is 2.31. The van der Waals surface area contributed by atoms with Gasteiger partial charge in [-0.15, -0.1) is 0 Å². The van der Waals surface area contributed by atoms with E-state index in [1.54, 1.807) is 4.90 Å². The van der Waals surface area contributed by atoms with E-state index in [4.69, 9.17) is 0 Å². The first-order valence-electron chi connectivity index (χ1n) is 10.1. The number of para-hydroxylation sites is 1. The maximum atomic E-state index is 13.5. The van der Waals surface area contributed by atoms with Crippen molar-refractivity contribution in [2.45, 2.75) is 18.7 Å². The predicted molar refractivity (Wildman–Crippen MR) is 116 cm³/mol. The lowest BCUT2D eigenvalue weighted by Crippen LogP contribution is -2.50. The molecular weight excluding hydrogens is 417 g/mol. The van der Waals surface area contributed by atoms with Crippen LogP contribution >= 0.6 is 0 Å². The lowest BCUT2D eigenvalue weighted by Gasteiger charge is -2.34. The van der Waals surface area contributed by atoms with Crippen LogP contribution in [-0.4, -0.2) is 54.3 Å². The summed E-state index contributed by atoms with van der Waals surface area (Å²) in [5, 5.41) is 0. The SMILES string of the molecule is Cc1cc(C(=O)N2CCN(S(=O)(=O)c3cccc(F)c3)CC2)c(C)n1-c1ccccc1. The maximum absolute atomic E-state index is 13.5. The smallest absolute Gasteiger partial charge is 0.255 e. The van der Waals surface area contributed by atoms with Gasteiger partial charge in [0.05, 0.1) is 10.5 Å². The highest BCUT2D eigenvalue weighted by Crippen LogP contribution is 2.24. The van der Waals surface area contributed by atoms with Gasteiger partial charge in [-0.2, -0.15) is 4.31 Å². The molecule has 0 aliphatic carbocycles. The van der Waals surface area contributed by atoms with Gasteiger partial charge in [0, 0.05) is 43.3 Å². The number of hydrogen-bond donors (Lipinski definition) is 0. The third-order valence-corrected chi connectivity index (χ3v) is 7.53. The summed E-state index contributed by atoms with van der Waals surface area (Å²) in [6, 6.07) is 16.7. The fourth-order valence-corrected chi connectivity index (χ4v) is 5.49. The van der Waals surface area contributed by atoms with Crippen molar-refractivity contribution < 1.29 is 17.6 Å². The summed E-state index contributed by atoms with van der Waals surface area (Å²) in [5.41, 5.74) is 3.41. The number of halogens is 1. The Morgan fingerprint density at radius 3 is 2.23 bits per heavy atom. The Morgan fingerprint density at radius 2 is 1.58 bits per heavy atom. The normalized spacial score (nSPS) is 15.3. The van der Waals surface area contributed by atoms with Gasteiger partial charge in [0.15, 0.2) is 0 Å². The Balaban J connectivity index is 1.50. The van der Waals surface area contributed by atoms with Crippen LogP contribution in [0.5, 0.6) is 0 Å². The fourth-order valence-electron chi connectivity index (χ4n) is 4.03. The number of rotatable bonds is 4. The summed E-state index contributed by atoms with van der Waals surface area (Å²) in [6.45, 7) is 4.77. The monoisotopic (exact) mass is 441 g/mol. The van der Waals surface area contributed by atoms with Gasteiger partial charge in [-0.05, 0) is 50.2 Å². The molecule has 6 nitrogen and oxygen atoms in total. The third-order valence-electron chi connectivity index (χ3n) is 5.64. The summed E-state index contributed by atoms with van der Waals surface area (Å²) < 4.78 is 42.4. The van der Waals surface area contributed by atoms with Crippen LogP contribution in [0, 0.1) is 19.7 Å². The summed E-state index contributed by atoms with van der Waals surface area (Å²) in [5.74, 6) is -0.707. The van der Waals surface area contributed by atoms with Gasteiger partial charge in [0.2, 0.25) is 10.0 Å². The molecule has 3 aromatic rings. The van der Waals surface area contributed by atoms with E-state index in [2.05, 4.69) is 0 Å². The number of carbonyl (C=O) groups excluding carboxylic acids is 1. The van der Waals surface area contributed by atoms with Gasteiger partial charge in [0.25, 0.3) is 5.91 Å². The molecular formula is C23H24FN3O3S. The van der Waals surface area contributed by atoms with Crippen LogP contribution in [0.25, 0.3) is 5.69 Å². The van der Waals surface area contributed by atoms with Crippen molar-refractivity contribution in [2.75, 3.05) is 26.2 Å². The van der Waals surface area contributed by atoms with Crippen molar-refractivity contribution in [2.24, 2.45) is 0 Å². The van der Waals surface area contributed by atoms with Crippen molar-refractivity contribution in [3.05, 3.63) is 83.4 Å². The standard InChI is InChI=1S/C23H24FN3O3S/c1-17-15-22(18(2)27(17)20-8-4-3-5-9-20)23(28)25-11-13-26(14-12-25)31(29,30)21-10-6-7-19(24)16-21/h3-10,15-16H,11-14H2,1-2H3. The highest BCUT2D eigenvalue weighted by atomic mass is 32.2. The van der Waals surface area contributed by atoms with E-state index >= 15 is 0 Å². The molecule has 31 heavy (non-hydrogen) atoms. The van der Waals surface area contributed by atoms with E-state index in [-0.39, 0.29) is 37.0 Å². The van der Waals surface area contributed by atoms with Gasteiger partial charge >= 0.3 is 0 Å². The molecule has 1 aromatic heterocycles. The van der Waals surface area contributed by atoms with E-state index in [9.17, 15) is 17.6 Å². The van der Waals surface area contributed by atoms with Crippen molar-refractivity contribution in [1.82, 2.24) is 13.8 Å². The molecule has 0 saturated carbocycles. The second-order valence-corrected chi connectivity index (χ2v) is 9.55. The zero-order valence-electron chi connectivity index (χ0n) is 17.5. The molecule has 2 aromatic carbocycles. The number of benzene rings is 2. The molecule has 8 heteroatoms. The molecule has 0 bridgehead atoms. The fraction of sp³-hybridized carbons (Fsp3) is 0.261. The van der Waals surface area contributed by atoms with Crippen LogP contribution in [0.2, 0.25) is 0 Å². The molecule has 1 amide bonds. The Hall–Kier alpha value is -2.97. The summed E-state index contributed by atoms with van der Waals surface area (Å²) in [7, 11) is -3.79. The Labute approximate surface area is 181 Å². The minimum absolute atomic E-state index is 0.0707. The molecule has 1 aliphatic heterocycles. The molecule has 1 aliphatic rings. The number of hydrogen-bond acceptors (Lipinski definition) is 3. The number of piperazine rings is 1. The zero-order chi connectivity index (χ0) is 22.2. The molecule has 0 radical (unpaired) electrons. The van der Waals surface area contributed by atoms with Crippen molar-refractivity contribution >= 4 is 15.9 Å². The number of amides is 1. The third kappa shape index (κ3) is 4.00. The molecule has 2 heterocycles. The first kappa shape index (κ1) is 21.3. The largest absolute Gasteiger partial charge is 0.336 e. The van der Waals surface area contributed by atoms with Crippen molar-refractivity contribution in [3.63, 3.8) is 0 Å². The molecule has 0 spiro atoms. The Morgan fingerprint density at radius 1 is 0.903 bits per heavy atom. The second-order valence-electron chi connectivity index (χ2n) is 7.61. The van der Waals surface area contributed by atoms with Crippen molar-refractivity contribution in [3.8, 4) is 5.69 Å². The zero-order valence-corrected chi connectivity index (χ0v) is 18.3. The molecule has 0 atom stereocenters. The van der Waals surface area contributed by atoms with Crippen LogP contribution in [0.15, 0.2) is 65.6 Å². The average Bonchev–Trinajstić information content (AvgIpc) is 3.07.